The van der Waals surface area contributed by atoms with Crippen molar-refractivity contribution in [1.82, 2.24) is 0 Å². The van der Waals surface area contributed by atoms with E-state index in [0.29, 0.717) is 5.76 Å². The molecule has 5 atom stereocenters. The number of esters is 2. The van der Waals surface area contributed by atoms with Crippen molar-refractivity contribution in [3.8, 4) is 0 Å². The molecule has 1 fully saturated rings. The summed E-state index contributed by atoms with van der Waals surface area (Å²) in [4.78, 5) is 22.7. The summed E-state index contributed by atoms with van der Waals surface area (Å²) >= 11 is 0. The van der Waals surface area contributed by atoms with Gasteiger partial charge in [-0.25, -0.2) is 0 Å². The summed E-state index contributed by atoms with van der Waals surface area (Å²) in [6.45, 7) is 7.40. The summed E-state index contributed by atoms with van der Waals surface area (Å²) in [5.74, 6) is 0.400. The van der Waals surface area contributed by atoms with Gasteiger partial charge >= 0.3 is 11.9 Å². The monoisotopic (exact) mass is 238 g/mol. The highest BCUT2D eigenvalue weighted by Gasteiger charge is 2.49. The molecule has 1 heterocycles. The Balaban J connectivity index is 2.31. The maximum absolute atomic E-state index is 11.7. The van der Waals surface area contributed by atoms with E-state index in [1.54, 1.807) is 6.08 Å². The molecule has 0 N–H and O–H groups in total. The van der Waals surface area contributed by atoms with Gasteiger partial charge in [0.15, 0.2) is 0 Å². The summed E-state index contributed by atoms with van der Waals surface area (Å²) < 4.78 is 10.4. The van der Waals surface area contributed by atoms with Crippen LogP contribution in [0.3, 0.4) is 0 Å². The van der Waals surface area contributed by atoms with E-state index in [-0.39, 0.29) is 41.7 Å². The maximum atomic E-state index is 11.7. The van der Waals surface area contributed by atoms with Crippen molar-refractivity contribution in [2.24, 2.45) is 23.7 Å². The zero-order valence-electron chi connectivity index (χ0n) is 10.6. The summed E-state index contributed by atoms with van der Waals surface area (Å²) in [7, 11) is 0. The van der Waals surface area contributed by atoms with Gasteiger partial charge in [0.1, 0.15) is 11.9 Å². The van der Waals surface area contributed by atoms with Crippen LogP contribution in [0.15, 0.2) is 11.8 Å². The lowest BCUT2D eigenvalue weighted by Crippen LogP contribution is -2.34. The first kappa shape index (κ1) is 12.1. The molecule has 2 aliphatic rings. The third kappa shape index (κ3) is 1.96. The summed E-state index contributed by atoms with van der Waals surface area (Å²) in [6.07, 6.45) is 1.71. The van der Waals surface area contributed by atoms with E-state index in [0.717, 1.165) is 0 Å². The summed E-state index contributed by atoms with van der Waals surface area (Å²) in [5.41, 5.74) is 0. The molecule has 0 bridgehead atoms. The molecule has 4 nitrogen and oxygen atoms in total. The molecule has 1 aliphatic carbocycles. The number of carbonyl (C=O) groups is 2. The Kier molecular flexibility index (Phi) is 2.98. The van der Waals surface area contributed by atoms with Crippen molar-refractivity contribution >= 4 is 11.9 Å². The van der Waals surface area contributed by atoms with Crippen molar-refractivity contribution in [3.05, 3.63) is 11.8 Å². The second-order valence-electron chi connectivity index (χ2n) is 5.06. The number of hydrogen-bond acceptors (Lipinski definition) is 4. The Bertz CT molecular complexity index is 385. The van der Waals surface area contributed by atoms with Gasteiger partial charge in [0.05, 0.1) is 5.92 Å². The molecule has 0 aromatic rings. The molecule has 94 valence electrons. The van der Waals surface area contributed by atoms with Gasteiger partial charge in [-0.1, -0.05) is 13.8 Å². The van der Waals surface area contributed by atoms with Crippen LogP contribution in [0.25, 0.3) is 0 Å². The minimum Gasteiger partial charge on any atom is -0.462 e. The first-order valence-corrected chi connectivity index (χ1v) is 6.02. The number of allylic oxidation sites excluding steroid dienone is 1. The van der Waals surface area contributed by atoms with E-state index in [9.17, 15) is 9.59 Å². The van der Waals surface area contributed by atoms with Gasteiger partial charge in [0.25, 0.3) is 0 Å². The maximum Gasteiger partial charge on any atom is 0.313 e. The van der Waals surface area contributed by atoms with Crippen molar-refractivity contribution in [3.63, 3.8) is 0 Å². The van der Waals surface area contributed by atoms with Gasteiger partial charge < -0.3 is 9.47 Å². The minimum absolute atomic E-state index is 0.0555. The van der Waals surface area contributed by atoms with E-state index < -0.39 is 0 Å². The fourth-order valence-electron chi connectivity index (χ4n) is 2.94. The third-order valence-corrected chi connectivity index (χ3v) is 3.98. The van der Waals surface area contributed by atoms with E-state index >= 15 is 0 Å². The first-order chi connectivity index (χ1) is 7.91. The number of ether oxygens (including phenoxy) is 2. The average molecular weight is 238 g/mol. The quantitative estimate of drug-likeness (QED) is 0.655. The zero-order chi connectivity index (χ0) is 12.7. The Morgan fingerprint density at radius 2 is 2.00 bits per heavy atom. The molecular weight excluding hydrogens is 220 g/mol. The topological polar surface area (TPSA) is 52.6 Å². The van der Waals surface area contributed by atoms with Crippen LogP contribution in [0, 0.1) is 23.7 Å². The molecule has 1 aliphatic heterocycles. The second kappa shape index (κ2) is 4.17. The lowest BCUT2D eigenvalue weighted by molar-refractivity contribution is -0.143. The van der Waals surface area contributed by atoms with Gasteiger partial charge in [0.2, 0.25) is 0 Å². The van der Waals surface area contributed by atoms with Crippen LogP contribution in [-0.4, -0.2) is 18.0 Å². The van der Waals surface area contributed by atoms with E-state index in [2.05, 4.69) is 6.92 Å². The predicted molar refractivity (Wildman–Crippen MR) is 60.7 cm³/mol. The van der Waals surface area contributed by atoms with Crippen LogP contribution < -0.4 is 0 Å². The fourth-order valence-corrected chi connectivity index (χ4v) is 2.94. The molecule has 0 aromatic heterocycles. The number of carbonyl (C=O) groups excluding carboxylic acids is 2. The molecule has 4 heteroatoms. The average Bonchev–Trinajstić information content (AvgIpc) is 2.49. The number of fused-ring (bicyclic) bond motifs is 1. The predicted octanol–water partition coefficient (Wildman–Crippen LogP) is 1.90. The molecule has 2 rings (SSSR count). The van der Waals surface area contributed by atoms with Gasteiger partial charge in [-0.05, 0) is 18.9 Å². The lowest BCUT2D eigenvalue weighted by atomic mass is 9.70. The normalized spacial score (nSPS) is 40.4. The van der Waals surface area contributed by atoms with Crippen molar-refractivity contribution < 1.29 is 19.1 Å². The molecule has 0 saturated carbocycles. The second-order valence-corrected chi connectivity index (χ2v) is 5.06. The molecule has 17 heavy (non-hydrogen) atoms. The molecule has 0 unspecified atom stereocenters. The van der Waals surface area contributed by atoms with Crippen LogP contribution in [0.1, 0.15) is 27.7 Å². The van der Waals surface area contributed by atoms with Gasteiger partial charge in [-0.15, -0.1) is 0 Å². The van der Waals surface area contributed by atoms with Crippen LogP contribution in [-0.2, 0) is 19.1 Å². The van der Waals surface area contributed by atoms with E-state index in [1.165, 1.54) is 6.92 Å². The molecular formula is C13H18O4. The standard InChI is InChI=1S/C13H18O4/c1-6-7(2)12-8(3)16-13(15)10(12)5-11(6)17-9(4)14/h5-8,10,12H,1-4H3/t6-,7-,8+,10+,12+/m0/s1. The molecule has 0 radical (unpaired) electrons. The zero-order valence-corrected chi connectivity index (χ0v) is 10.6. The highest BCUT2D eigenvalue weighted by molar-refractivity contribution is 5.78. The highest BCUT2D eigenvalue weighted by Crippen LogP contribution is 2.45. The molecule has 0 amide bonds. The largest absolute Gasteiger partial charge is 0.462 e. The van der Waals surface area contributed by atoms with Gasteiger partial charge in [0, 0.05) is 18.8 Å². The van der Waals surface area contributed by atoms with Crippen molar-refractivity contribution in [2.75, 3.05) is 0 Å². The molecule has 1 saturated heterocycles. The molecule has 0 spiro atoms. The minimum atomic E-state index is -0.340. The third-order valence-electron chi connectivity index (χ3n) is 3.98. The van der Waals surface area contributed by atoms with Crippen LogP contribution >= 0.6 is 0 Å². The Labute approximate surface area is 101 Å². The Morgan fingerprint density at radius 1 is 1.35 bits per heavy atom. The Hall–Kier alpha value is -1.32. The van der Waals surface area contributed by atoms with E-state index in [4.69, 9.17) is 9.47 Å². The summed E-state index contributed by atoms with van der Waals surface area (Å²) in [6, 6.07) is 0. The molecule has 0 aromatic carbocycles. The van der Waals surface area contributed by atoms with Crippen LogP contribution in [0.5, 0.6) is 0 Å². The van der Waals surface area contributed by atoms with Crippen LogP contribution in [0.2, 0.25) is 0 Å². The fraction of sp³-hybridized carbons (Fsp3) is 0.692. The SMILES string of the molecule is CC(=O)OC1=C[C@H]2C(=O)O[C@H](C)[C@H]2[C@@H](C)[C@@H]1C. The number of hydrogen-bond donors (Lipinski definition) is 0. The van der Waals surface area contributed by atoms with Gasteiger partial charge in [-0.3, -0.25) is 9.59 Å². The number of cyclic esters (lactones) is 1. The summed E-state index contributed by atoms with van der Waals surface area (Å²) in [5, 5.41) is 0. The van der Waals surface area contributed by atoms with E-state index in [1.807, 2.05) is 13.8 Å². The van der Waals surface area contributed by atoms with Crippen molar-refractivity contribution in [1.29, 1.82) is 0 Å². The van der Waals surface area contributed by atoms with Gasteiger partial charge in [-0.2, -0.15) is 0 Å². The lowest BCUT2D eigenvalue weighted by Gasteiger charge is -2.34. The highest BCUT2D eigenvalue weighted by atomic mass is 16.6. The van der Waals surface area contributed by atoms with Crippen molar-refractivity contribution in [2.45, 2.75) is 33.8 Å². The smallest absolute Gasteiger partial charge is 0.313 e. The number of rotatable bonds is 1. The van der Waals surface area contributed by atoms with Crippen LogP contribution in [0.4, 0.5) is 0 Å². The Morgan fingerprint density at radius 3 is 2.59 bits per heavy atom. The first-order valence-electron chi connectivity index (χ1n) is 6.02.